The van der Waals surface area contributed by atoms with Gasteiger partial charge in [0.15, 0.2) is 0 Å². The predicted octanol–water partition coefficient (Wildman–Crippen LogP) is 1.45. The van der Waals surface area contributed by atoms with E-state index in [-0.39, 0.29) is 6.42 Å². The fraction of sp³-hybridized carbons (Fsp3) is 0.800. The molecule has 0 aliphatic carbocycles. The van der Waals surface area contributed by atoms with Crippen LogP contribution in [0, 0.1) is 16.2 Å². The Hall–Kier alpha value is -0.910. The van der Waals surface area contributed by atoms with Gasteiger partial charge in [0.05, 0.1) is 12.5 Å². The molecule has 0 aromatic rings. The zero-order valence-electron chi connectivity index (χ0n) is 5.01. The van der Waals surface area contributed by atoms with E-state index in [1.165, 1.54) is 0 Å². The van der Waals surface area contributed by atoms with Gasteiger partial charge in [-0.3, -0.25) is 0 Å². The van der Waals surface area contributed by atoms with Crippen LogP contribution in [-0.4, -0.2) is 5.54 Å². The number of nitrogens with zero attached hydrogens (tertiary/aromatic N) is 2. The molecule has 0 N–H and O–H groups in total. The Bertz CT molecular complexity index is 123. The van der Waals surface area contributed by atoms with Crippen molar-refractivity contribution in [3.8, 4) is 6.07 Å². The third kappa shape index (κ3) is 2.30. The molecular formula is C5H8N2O. The highest BCUT2D eigenvalue weighted by atomic mass is 16.3. The van der Waals surface area contributed by atoms with Gasteiger partial charge < -0.3 is 0 Å². The van der Waals surface area contributed by atoms with Crippen molar-refractivity contribution in [1.82, 2.24) is 0 Å². The van der Waals surface area contributed by atoms with Gasteiger partial charge in [0, 0.05) is 0 Å². The fourth-order valence-electron chi connectivity index (χ4n) is 0.226. The Balaban J connectivity index is 3.76. The van der Waals surface area contributed by atoms with E-state index in [1.807, 2.05) is 6.07 Å². The van der Waals surface area contributed by atoms with Crippen molar-refractivity contribution in [3.63, 3.8) is 0 Å². The second-order valence-electron chi connectivity index (χ2n) is 2.24. The van der Waals surface area contributed by atoms with E-state index in [4.69, 9.17) is 5.26 Å². The summed E-state index contributed by atoms with van der Waals surface area (Å²) in [7, 11) is 0. The number of nitriles is 1. The molecule has 0 saturated carbocycles. The van der Waals surface area contributed by atoms with Gasteiger partial charge >= 0.3 is 0 Å². The molecule has 3 heteroatoms. The molecule has 0 fully saturated rings. The van der Waals surface area contributed by atoms with E-state index in [0.717, 1.165) is 0 Å². The third-order valence-corrected chi connectivity index (χ3v) is 0.759. The van der Waals surface area contributed by atoms with Crippen LogP contribution in [0.4, 0.5) is 0 Å². The minimum absolute atomic E-state index is 0.191. The van der Waals surface area contributed by atoms with E-state index in [9.17, 15) is 4.91 Å². The maximum absolute atomic E-state index is 9.82. The number of hydrogen-bond donors (Lipinski definition) is 0. The van der Waals surface area contributed by atoms with Crippen LogP contribution in [0.3, 0.4) is 0 Å². The summed E-state index contributed by atoms with van der Waals surface area (Å²) in [5.74, 6) is 0. The average molecular weight is 112 g/mol. The van der Waals surface area contributed by atoms with Gasteiger partial charge in [-0.1, -0.05) is 5.18 Å². The van der Waals surface area contributed by atoms with Crippen LogP contribution in [0.2, 0.25) is 0 Å². The van der Waals surface area contributed by atoms with Gasteiger partial charge in [-0.05, 0) is 13.8 Å². The molecule has 0 unspecified atom stereocenters. The highest BCUT2D eigenvalue weighted by Crippen LogP contribution is 2.11. The molecule has 0 amide bonds. The lowest BCUT2D eigenvalue weighted by Crippen LogP contribution is -2.13. The van der Waals surface area contributed by atoms with E-state index in [1.54, 1.807) is 13.8 Å². The minimum atomic E-state index is -0.700. The van der Waals surface area contributed by atoms with Gasteiger partial charge in [-0.2, -0.15) is 10.2 Å². The van der Waals surface area contributed by atoms with Crippen LogP contribution in [0.15, 0.2) is 5.18 Å². The molecule has 44 valence electrons. The van der Waals surface area contributed by atoms with Gasteiger partial charge in [0.2, 0.25) is 0 Å². The number of nitroso groups, excluding NO2 is 1. The second kappa shape index (κ2) is 2.41. The molecule has 0 spiro atoms. The topological polar surface area (TPSA) is 53.2 Å². The Morgan fingerprint density at radius 1 is 1.75 bits per heavy atom. The molecule has 0 atom stereocenters. The largest absolute Gasteiger partial charge is 0.198 e. The zero-order chi connectivity index (χ0) is 6.62. The van der Waals surface area contributed by atoms with E-state index in [2.05, 4.69) is 5.18 Å². The van der Waals surface area contributed by atoms with Crippen LogP contribution in [0.25, 0.3) is 0 Å². The molecule has 0 aromatic heterocycles. The normalized spacial score (nSPS) is 10.1. The summed E-state index contributed by atoms with van der Waals surface area (Å²) >= 11 is 0. The lowest BCUT2D eigenvalue weighted by atomic mass is 10.0. The van der Waals surface area contributed by atoms with E-state index >= 15 is 0 Å². The summed E-state index contributed by atoms with van der Waals surface area (Å²) in [6.07, 6.45) is 0.191. The van der Waals surface area contributed by atoms with Crippen LogP contribution < -0.4 is 0 Å². The van der Waals surface area contributed by atoms with Crippen LogP contribution in [0.5, 0.6) is 0 Å². The molecule has 0 aromatic carbocycles. The summed E-state index contributed by atoms with van der Waals surface area (Å²) in [4.78, 5) is 9.82. The molecule has 3 nitrogen and oxygen atoms in total. The van der Waals surface area contributed by atoms with Crippen molar-refractivity contribution in [2.75, 3.05) is 0 Å². The van der Waals surface area contributed by atoms with Crippen molar-refractivity contribution in [2.45, 2.75) is 25.8 Å². The SMILES string of the molecule is CC(C)(CC#N)N=O. The fourth-order valence-corrected chi connectivity index (χ4v) is 0.226. The first kappa shape index (κ1) is 7.09. The standard InChI is InChI=1S/C5H8N2O/c1-5(2,7-8)3-4-6/h3H2,1-2H3. The summed E-state index contributed by atoms with van der Waals surface area (Å²) in [6, 6.07) is 1.87. The molecule has 0 aliphatic rings. The Labute approximate surface area is 48.3 Å². The number of hydrogen-bond acceptors (Lipinski definition) is 3. The van der Waals surface area contributed by atoms with Crippen LogP contribution in [0.1, 0.15) is 20.3 Å². The lowest BCUT2D eigenvalue weighted by molar-refractivity contribution is 0.531. The predicted molar refractivity (Wildman–Crippen MR) is 30.1 cm³/mol. The Morgan fingerprint density at radius 3 is 2.38 bits per heavy atom. The van der Waals surface area contributed by atoms with Gasteiger partial charge in [-0.15, -0.1) is 0 Å². The molecule has 0 aliphatic heterocycles. The summed E-state index contributed by atoms with van der Waals surface area (Å²) in [6.45, 7) is 3.26. The quantitative estimate of drug-likeness (QED) is 0.507. The maximum atomic E-state index is 9.82. The van der Waals surface area contributed by atoms with Gasteiger partial charge in [-0.25, -0.2) is 0 Å². The molecule has 0 radical (unpaired) electrons. The molecule has 0 heterocycles. The van der Waals surface area contributed by atoms with Gasteiger partial charge in [0.1, 0.15) is 5.54 Å². The highest BCUT2D eigenvalue weighted by molar-refractivity contribution is 4.87. The van der Waals surface area contributed by atoms with Crippen LogP contribution >= 0.6 is 0 Å². The monoisotopic (exact) mass is 112 g/mol. The minimum Gasteiger partial charge on any atom is -0.198 e. The first-order valence-electron chi connectivity index (χ1n) is 2.34. The lowest BCUT2D eigenvalue weighted by Gasteiger charge is -2.07. The van der Waals surface area contributed by atoms with Crippen molar-refractivity contribution in [3.05, 3.63) is 4.91 Å². The van der Waals surface area contributed by atoms with Crippen molar-refractivity contribution in [2.24, 2.45) is 5.18 Å². The molecule has 0 rings (SSSR count). The third-order valence-electron chi connectivity index (χ3n) is 0.759. The number of rotatable bonds is 2. The van der Waals surface area contributed by atoms with Gasteiger partial charge in [0.25, 0.3) is 0 Å². The average Bonchev–Trinajstić information content (AvgIpc) is 1.67. The zero-order valence-corrected chi connectivity index (χ0v) is 5.01. The van der Waals surface area contributed by atoms with Crippen molar-refractivity contribution < 1.29 is 0 Å². The Kier molecular flexibility index (Phi) is 2.14. The smallest absolute Gasteiger partial charge is 0.110 e. The maximum Gasteiger partial charge on any atom is 0.110 e. The first-order valence-corrected chi connectivity index (χ1v) is 2.34. The summed E-state index contributed by atoms with van der Waals surface area (Å²) < 4.78 is 0. The van der Waals surface area contributed by atoms with E-state index < -0.39 is 5.54 Å². The van der Waals surface area contributed by atoms with Crippen molar-refractivity contribution >= 4 is 0 Å². The summed E-state index contributed by atoms with van der Waals surface area (Å²) in [5.41, 5.74) is -0.700. The Morgan fingerprint density at radius 2 is 2.25 bits per heavy atom. The second-order valence-corrected chi connectivity index (χ2v) is 2.24. The summed E-state index contributed by atoms with van der Waals surface area (Å²) in [5, 5.41) is 10.8. The van der Waals surface area contributed by atoms with Crippen LogP contribution in [-0.2, 0) is 0 Å². The molecule has 0 bridgehead atoms. The molecular weight excluding hydrogens is 104 g/mol. The van der Waals surface area contributed by atoms with E-state index in [0.29, 0.717) is 0 Å². The first-order chi connectivity index (χ1) is 3.62. The highest BCUT2D eigenvalue weighted by Gasteiger charge is 2.16. The molecule has 8 heavy (non-hydrogen) atoms. The molecule has 0 saturated heterocycles. The van der Waals surface area contributed by atoms with Crippen molar-refractivity contribution in [1.29, 1.82) is 5.26 Å².